The van der Waals surface area contributed by atoms with Gasteiger partial charge in [-0.15, -0.1) is 0 Å². The lowest BCUT2D eigenvalue weighted by Gasteiger charge is -2.24. The van der Waals surface area contributed by atoms with E-state index in [9.17, 15) is 28.6 Å². The van der Waals surface area contributed by atoms with Crippen LogP contribution in [0.5, 0.6) is 0 Å². The minimum absolute atomic E-state index is 0.146. The van der Waals surface area contributed by atoms with E-state index >= 15 is 0 Å². The van der Waals surface area contributed by atoms with Crippen molar-refractivity contribution in [3.05, 3.63) is 71.3 Å². The third-order valence-corrected chi connectivity index (χ3v) is 3.43. The van der Waals surface area contributed by atoms with Crippen LogP contribution in [-0.2, 0) is 21.6 Å². The number of ketones is 1. The molecule has 2 N–H and O–H groups in total. The molecule has 0 radical (unpaired) electrons. The van der Waals surface area contributed by atoms with E-state index in [2.05, 4.69) is 0 Å². The first-order valence-electron chi connectivity index (χ1n) is 6.80. The molecule has 0 saturated carbocycles. The fourth-order valence-corrected chi connectivity index (χ4v) is 2.34. The minimum atomic E-state index is -2.96. The first-order valence-corrected chi connectivity index (χ1v) is 6.80. The van der Waals surface area contributed by atoms with Crippen LogP contribution < -0.4 is 0 Å². The monoisotopic (exact) mass is 320 g/mol. The molecule has 0 spiro atoms. The molecule has 1 atom stereocenters. The van der Waals surface area contributed by atoms with Crippen LogP contribution in [0.15, 0.2) is 48.5 Å². The van der Waals surface area contributed by atoms with Gasteiger partial charge in [-0.25, -0.2) is 13.6 Å². The Balaban J connectivity index is 2.31. The van der Waals surface area contributed by atoms with Crippen molar-refractivity contribution in [2.24, 2.45) is 0 Å². The number of halogens is 2. The summed E-state index contributed by atoms with van der Waals surface area (Å²) in [5.74, 6) is -4.98. The molecule has 0 aliphatic heterocycles. The molecule has 6 heteroatoms. The molecule has 0 aliphatic carbocycles. The molecule has 2 aromatic rings. The van der Waals surface area contributed by atoms with Crippen molar-refractivity contribution in [1.82, 2.24) is 0 Å². The van der Waals surface area contributed by atoms with Crippen LogP contribution in [0.2, 0.25) is 0 Å². The maximum atomic E-state index is 13.8. The predicted molar refractivity (Wildman–Crippen MR) is 77.7 cm³/mol. The molecule has 0 fully saturated rings. The Morgan fingerprint density at radius 3 is 2.04 bits per heavy atom. The zero-order chi connectivity index (χ0) is 17.0. The second-order valence-corrected chi connectivity index (χ2v) is 5.14. The number of hydrogen-bond acceptors (Lipinski definition) is 3. The molecule has 0 bridgehead atoms. The maximum Gasteiger partial charge on any atom is 0.341 e. The van der Waals surface area contributed by atoms with Gasteiger partial charge in [0.15, 0.2) is 5.60 Å². The standard InChI is InChI=1S/C17H14F2O4/c18-13-7-4-8-14(19)15(13)17(23,16(21)22)10-12(20)9-11-5-2-1-3-6-11/h1-8,23H,9-10H2,(H,21,22). The van der Waals surface area contributed by atoms with Crippen LogP contribution in [-0.4, -0.2) is 22.0 Å². The topological polar surface area (TPSA) is 74.6 Å². The summed E-state index contributed by atoms with van der Waals surface area (Å²) in [6.07, 6.45) is -1.08. The smallest absolute Gasteiger partial charge is 0.341 e. The van der Waals surface area contributed by atoms with Crippen molar-refractivity contribution in [2.75, 3.05) is 0 Å². The number of aliphatic carboxylic acids is 1. The molecular weight excluding hydrogens is 306 g/mol. The van der Waals surface area contributed by atoms with Crippen LogP contribution in [0.25, 0.3) is 0 Å². The Bertz CT molecular complexity index is 710. The number of rotatable bonds is 6. The van der Waals surface area contributed by atoms with Gasteiger partial charge < -0.3 is 10.2 Å². The highest BCUT2D eigenvalue weighted by atomic mass is 19.1. The van der Waals surface area contributed by atoms with Gasteiger partial charge in [0.05, 0.1) is 12.0 Å². The van der Waals surface area contributed by atoms with Crippen LogP contribution in [0.3, 0.4) is 0 Å². The predicted octanol–water partition coefficient (Wildman–Crippen LogP) is 2.44. The summed E-state index contributed by atoms with van der Waals surface area (Å²) >= 11 is 0. The van der Waals surface area contributed by atoms with Crippen LogP contribution in [0.4, 0.5) is 8.78 Å². The molecule has 0 saturated heterocycles. The molecule has 4 nitrogen and oxygen atoms in total. The van der Waals surface area contributed by atoms with Crippen molar-refractivity contribution < 1.29 is 28.6 Å². The summed E-state index contributed by atoms with van der Waals surface area (Å²) in [6.45, 7) is 0. The molecular formula is C17H14F2O4. The number of carboxylic acid groups (broad SMARTS) is 1. The molecule has 2 aromatic carbocycles. The van der Waals surface area contributed by atoms with Crippen LogP contribution in [0.1, 0.15) is 17.5 Å². The quantitative estimate of drug-likeness (QED) is 0.857. The number of carbonyl (C=O) groups excluding carboxylic acids is 1. The first-order chi connectivity index (χ1) is 10.8. The minimum Gasteiger partial charge on any atom is -0.479 e. The Kier molecular flexibility index (Phi) is 4.86. The molecule has 2 rings (SSSR count). The number of benzene rings is 2. The lowest BCUT2D eigenvalue weighted by atomic mass is 9.86. The Morgan fingerprint density at radius 1 is 0.957 bits per heavy atom. The van der Waals surface area contributed by atoms with E-state index in [-0.39, 0.29) is 6.42 Å². The van der Waals surface area contributed by atoms with Gasteiger partial charge in [0.2, 0.25) is 0 Å². The summed E-state index contributed by atoms with van der Waals surface area (Å²) in [7, 11) is 0. The highest BCUT2D eigenvalue weighted by Gasteiger charge is 2.44. The van der Waals surface area contributed by atoms with Crippen molar-refractivity contribution in [3.8, 4) is 0 Å². The van der Waals surface area contributed by atoms with Crippen molar-refractivity contribution in [3.63, 3.8) is 0 Å². The Morgan fingerprint density at radius 2 is 1.52 bits per heavy atom. The van der Waals surface area contributed by atoms with Gasteiger partial charge in [-0.2, -0.15) is 0 Å². The summed E-state index contributed by atoms with van der Waals surface area (Å²) in [5, 5.41) is 19.5. The van der Waals surface area contributed by atoms with Gasteiger partial charge in [-0.3, -0.25) is 4.79 Å². The summed E-state index contributed by atoms with van der Waals surface area (Å²) < 4.78 is 27.6. The second kappa shape index (κ2) is 6.66. The molecule has 120 valence electrons. The third kappa shape index (κ3) is 3.60. The van der Waals surface area contributed by atoms with Gasteiger partial charge in [-0.1, -0.05) is 36.4 Å². The molecule has 0 aromatic heterocycles. The van der Waals surface area contributed by atoms with Gasteiger partial charge in [-0.05, 0) is 17.7 Å². The van der Waals surface area contributed by atoms with E-state index < -0.39 is 41.0 Å². The van der Waals surface area contributed by atoms with Crippen LogP contribution in [0, 0.1) is 11.6 Å². The molecule has 23 heavy (non-hydrogen) atoms. The number of carbonyl (C=O) groups is 2. The zero-order valence-corrected chi connectivity index (χ0v) is 12.0. The van der Waals surface area contributed by atoms with E-state index in [0.717, 1.165) is 18.2 Å². The van der Waals surface area contributed by atoms with E-state index in [1.165, 1.54) is 0 Å². The lowest BCUT2D eigenvalue weighted by Crippen LogP contribution is -2.40. The SMILES string of the molecule is O=C(Cc1ccccc1)CC(O)(C(=O)O)c1c(F)cccc1F. The van der Waals surface area contributed by atoms with Gasteiger partial charge in [0, 0.05) is 6.42 Å². The Labute approximate surface area is 131 Å². The largest absolute Gasteiger partial charge is 0.479 e. The highest BCUT2D eigenvalue weighted by molar-refractivity contribution is 5.90. The zero-order valence-electron chi connectivity index (χ0n) is 12.0. The van der Waals surface area contributed by atoms with Gasteiger partial charge in [0.25, 0.3) is 0 Å². The van der Waals surface area contributed by atoms with Crippen molar-refractivity contribution in [1.29, 1.82) is 0 Å². The number of carboxylic acids is 1. The second-order valence-electron chi connectivity index (χ2n) is 5.14. The van der Waals surface area contributed by atoms with E-state index in [0.29, 0.717) is 5.56 Å². The van der Waals surface area contributed by atoms with Gasteiger partial charge in [0.1, 0.15) is 17.4 Å². The fraction of sp³-hybridized carbons (Fsp3) is 0.176. The van der Waals surface area contributed by atoms with E-state index in [1.54, 1.807) is 30.3 Å². The summed E-state index contributed by atoms with van der Waals surface area (Å²) in [6, 6.07) is 11.1. The van der Waals surface area contributed by atoms with Crippen LogP contribution >= 0.6 is 0 Å². The Hall–Kier alpha value is -2.60. The normalized spacial score (nSPS) is 13.3. The number of Topliss-reactive ketones (excluding diaryl/α,β-unsaturated/α-hetero) is 1. The lowest BCUT2D eigenvalue weighted by molar-refractivity contribution is -0.163. The number of aliphatic hydroxyl groups is 1. The van der Waals surface area contributed by atoms with E-state index in [1.807, 2.05) is 0 Å². The van der Waals surface area contributed by atoms with Gasteiger partial charge >= 0.3 is 5.97 Å². The van der Waals surface area contributed by atoms with Crippen molar-refractivity contribution in [2.45, 2.75) is 18.4 Å². The molecule has 0 amide bonds. The number of hydrogen-bond donors (Lipinski definition) is 2. The maximum absolute atomic E-state index is 13.8. The summed E-state index contributed by atoms with van der Waals surface area (Å²) in [4.78, 5) is 23.4. The molecule has 0 aliphatic rings. The molecule has 1 unspecified atom stereocenters. The van der Waals surface area contributed by atoms with E-state index in [4.69, 9.17) is 0 Å². The first kappa shape index (κ1) is 16.8. The summed E-state index contributed by atoms with van der Waals surface area (Å²) in [5.41, 5.74) is -3.38. The third-order valence-electron chi connectivity index (χ3n) is 3.43. The highest BCUT2D eigenvalue weighted by Crippen LogP contribution is 2.31. The fourth-order valence-electron chi connectivity index (χ4n) is 2.34. The average molecular weight is 320 g/mol. The van der Waals surface area contributed by atoms with Crippen molar-refractivity contribution >= 4 is 11.8 Å². The average Bonchev–Trinajstić information content (AvgIpc) is 2.47. The molecule has 0 heterocycles.